The third-order valence-electron chi connectivity index (χ3n) is 6.47. The van der Waals surface area contributed by atoms with Gasteiger partial charge in [-0.1, -0.05) is 18.2 Å². The van der Waals surface area contributed by atoms with Gasteiger partial charge in [0.1, 0.15) is 12.1 Å². The molecule has 1 aliphatic heterocycles. The fourth-order valence-electron chi connectivity index (χ4n) is 4.43. The maximum atomic E-state index is 13.3. The van der Waals surface area contributed by atoms with Crippen LogP contribution in [0.25, 0.3) is 6.08 Å². The number of piperidine rings is 1. The number of halogens is 3. The zero-order valence-corrected chi connectivity index (χ0v) is 24.0. The van der Waals surface area contributed by atoms with Crippen molar-refractivity contribution in [1.82, 2.24) is 25.2 Å². The van der Waals surface area contributed by atoms with Gasteiger partial charge >= 0.3 is 6.18 Å². The van der Waals surface area contributed by atoms with Crippen LogP contribution < -0.4 is 15.4 Å². The van der Waals surface area contributed by atoms with Crippen LogP contribution in [0.3, 0.4) is 0 Å². The van der Waals surface area contributed by atoms with E-state index in [0.29, 0.717) is 43.0 Å². The predicted octanol–water partition coefficient (Wildman–Crippen LogP) is 1.90. The normalized spacial score (nSPS) is 16.6. The lowest BCUT2D eigenvalue weighted by molar-refractivity contribution is -0.173. The number of aromatic amines is 1. The summed E-state index contributed by atoms with van der Waals surface area (Å²) in [6.07, 6.45) is 4.98. The van der Waals surface area contributed by atoms with E-state index in [1.165, 1.54) is 6.20 Å². The Kier molecular flexibility index (Phi) is 12.3. The number of hydrogen-bond acceptors (Lipinski definition) is 6. The summed E-state index contributed by atoms with van der Waals surface area (Å²) in [6, 6.07) is -1.60. The fourth-order valence-corrected chi connectivity index (χ4v) is 5.15. The van der Waals surface area contributed by atoms with Gasteiger partial charge in [0.05, 0.1) is 18.6 Å². The average molecular weight is 603 g/mol. The van der Waals surface area contributed by atoms with Crippen LogP contribution in [0.2, 0.25) is 0 Å². The van der Waals surface area contributed by atoms with Gasteiger partial charge in [0.2, 0.25) is 21.8 Å². The zero-order chi connectivity index (χ0) is 30.8. The van der Waals surface area contributed by atoms with Gasteiger partial charge in [0.25, 0.3) is 5.78 Å². The van der Waals surface area contributed by atoms with Crippen LogP contribution in [-0.4, -0.2) is 85.9 Å². The van der Waals surface area contributed by atoms with E-state index in [0.717, 1.165) is 6.26 Å². The number of likely N-dealkylation sites (tertiary alicyclic amines) is 1. The van der Waals surface area contributed by atoms with Crippen molar-refractivity contribution in [1.29, 1.82) is 5.41 Å². The number of H-pyrrole nitrogens is 1. The van der Waals surface area contributed by atoms with Crippen molar-refractivity contribution < 1.29 is 36.0 Å². The summed E-state index contributed by atoms with van der Waals surface area (Å²) in [5.74, 6) is -3.63. The predicted molar refractivity (Wildman–Crippen MR) is 148 cm³/mol. The van der Waals surface area contributed by atoms with Gasteiger partial charge in [0.15, 0.2) is 0 Å². The number of allylic oxidation sites excluding steroid dienone is 3. The lowest BCUT2D eigenvalue weighted by Gasteiger charge is -2.34. The third kappa shape index (κ3) is 11.9. The van der Waals surface area contributed by atoms with E-state index in [4.69, 9.17) is 5.41 Å². The molecule has 0 spiro atoms. The van der Waals surface area contributed by atoms with Crippen molar-refractivity contribution in [3.05, 3.63) is 41.7 Å². The van der Waals surface area contributed by atoms with E-state index >= 15 is 0 Å². The van der Waals surface area contributed by atoms with Crippen LogP contribution in [0, 0.1) is 11.3 Å². The van der Waals surface area contributed by atoms with Gasteiger partial charge in [-0.3, -0.25) is 19.8 Å². The highest BCUT2D eigenvalue weighted by Crippen LogP contribution is 2.23. The van der Waals surface area contributed by atoms with E-state index < -0.39 is 58.8 Å². The second kappa shape index (κ2) is 15.0. The van der Waals surface area contributed by atoms with E-state index in [-0.39, 0.29) is 12.3 Å². The highest BCUT2D eigenvalue weighted by atomic mass is 32.2. The largest absolute Gasteiger partial charge is 0.452 e. The number of ketones is 1. The summed E-state index contributed by atoms with van der Waals surface area (Å²) in [5, 5.41) is 12.0. The van der Waals surface area contributed by atoms with E-state index in [1.807, 2.05) is 17.1 Å². The summed E-state index contributed by atoms with van der Waals surface area (Å²) >= 11 is 0. The molecule has 0 saturated carbocycles. The molecule has 228 valence electrons. The molecule has 15 heteroatoms. The number of sulfonamides is 1. The minimum Gasteiger partial charge on any atom is -0.361 e. The molecule has 11 nitrogen and oxygen atoms in total. The molecule has 2 heterocycles. The maximum absolute atomic E-state index is 13.3. The van der Waals surface area contributed by atoms with Crippen molar-refractivity contribution in [3.8, 4) is 0 Å². The first-order valence-corrected chi connectivity index (χ1v) is 14.9. The number of amidine groups is 1. The van der Waals surface area contributed by atoms with Gasteiger partial charge < -0.3 is 20.5 Å². The Hall–Kier alpha value is -3.46. The summed E-state index contributed by atoms with van der Waals surface area (Å²) < 4.78 is 65.8. The number of rotatable bonds is 13. The van der Waals surface area contributed by atoms with Crippen LogP contribution >= 0.6 is 0 Å². The molecule has 2 atom stereocenters. The Labute approximate surface area is 237 Å². The second-order valence-corrected chi connectivity index (χ2v) is 11.7. The van der Waals surface area contributed by atoms with Gasteiger partial charge in [-0.25, -0.2) is 13.1 Å². The minimum absolute atomic E-state index is 0.0303. The first kappa shape index (κ1) is 33.7. The molecule has 1 aromatic rings. The van der Waals surface area contributed by atoms with Crippen molar-refractivity contribution in [2.75, 3.05) is 25.9 Å². The second-order valence-electron chi connectivity index (χ2n) is 9.95. The minimum atomic E-state index is -5.21. The molecule has 5 N–H and O–H groups in total. The molecule has 0 radical (unpaired) electrons. The smallest absolute Gasteiger partial charge is 0.361 e. The highest BCUT2D eigenvalue weighted by molar-refractivity contribution is 7.88. The number of nitrogens with one attached hydrogen (secondary N) is 5. The number of hydrogen-bond donors (Lipinski definition) is 5. The van der Waals surface area contributed by atoms with Crippen LogP contribution in [0.4, 0.5) is 13.2 Å². The van der Waals surface area contributed by atoms with Crippen molar-refractivity contribution in [2.24, 2.45) is 5.92 Å². The molecule has 1 fully saturated rings. The molecular formula is C26H37F3N6O5S. The molecule has 1 aromatic heterocycles. The molecule has 0 aromatic carbocycles. The van der Waals surface area contributed by atoms with Gasteiger partial charge in [-0.2, -0.15) is 13.2 Å². The molecule has 1 aliphatic rings. The van der Waals surface area contributed by atoms with Crippen LogP contribution in [-0.2, 0) is 30.8 Å². The lowest BCUT2D eigenvalue weighted by atomic mass is 9.90. The zero-order valence-electron chi connectivity index (χ0n) is 23.2. The molecule has 1 saturated heterocycles. The van der Waals surface area contributed by atoms with Crippen molar-refractivity contribution >= 4 is 39.5 Å². The molecule has 2 amide bonds. The van der Waals surface area contributed by atoms with Gasteiger partial charge in [-0.15, -0.1) is 0 Å². The number of carbonyl (C=O) groups excluding carboxylic acids is 3. The summed E-state index contributed by atoms with van der Waals surface area (Å²) in [6.45, 7) is 3.88. The molecule has 41 heavy (non-hydrogen) atoms. The Balaban J connectivity index is 2.04. The first-order valence-electron chi connectivity index (χ1n) is 13.0. The van der Waals surface area contributed by atoms with Crippen LogP contribution in [0.15, 0.2) is 30.5 Å². The molecule has 2 unspecified atom stereocenters. The van der Waals surface area contributed by atoms with Crippen LogP contribution in [0.5, 0.6) is 0 Å². The number of carbonyl (C=O) groups is 3. The third-order valence-corrected chi connectivity index (χ3v) is 7.18. The SMILES string of the molecule is C/C=C\C=C/c1cc(CC(NC(=O)CNC(=O)C(CC2CCN(C(C)=N)CC2)NS(C)(=O)=O)C(=O)C(F)(F)F)c[nH]1. The lowest BCUT2D eigenvalue weighted by Crippen LogP contribution is -2.53. The number of alkyl halides is 3. The topological polar surface area (TPSA) is 164 Å². The Morgan fingerprint density at radius 3 is 2.41 bits per heavy atom. The number of Topliss-reactive ketones (excluding diaryl/α,β-unsaturated/α-hetero) is 1. The standard InChI is InChI=1S/C26H37F3N6O5S/c1-4-5-6-7-20-12-19(15-31-20)14-21(24(37)26(27,28)29)33-23(36)16-32-25(38)22(34-41(3,39)40)13-18-8-10-35(11-9-18)17(2)30/h4-7,12,15,18,21-22,30-31,34H,8-11,13-14,16H2,1-3H3,(H,32,38)(H,33,36)/b5-4-,7-6-,30-17?. The summed E-state index contributed by atoms with van der Waals surface area (Å²) in [5.41, 5.74) is 0.927. The molecule has 2 rings (SSSR count). The van der Waals surface area contributed by atoms with E-state index in [9.17, 15) is 36.0 Å². The Morgan fingerprint density at radius 2 is 1.85 bits per heavy atom. The number of aromatic nitrogens is 1. The Bertz CT molecular complexity index is 1250. The van der Waals surface area contributed by atoms with E-state index in [1.54, 1.807) is 37.3 Å². The highest BCUT2D eigenvalue weighted by Gasteiger charge is 2.44. The van der Waals surface area contributed by atoms with Gasteiger partial charge in [-0.05, 0) is 56.7 Å². The van der Waals surface area contributed by atoms with Crippen LogP contribution in [0.1, 0.15) is 44.4 Å². The van der Waals surface area contributed by atoms with Gasteiger partial charge in [0, 0.05) is 31.4 Å². The monoisotopic (exact) mass is 602 g/mol. The number of nitrogens with zero attached hydrogens (tertiary/aromatic N) is 1. The summed E-state index contributed by atoms with van der Waals surface area (Å²) in [4.78, 5) is 42.1. The molecule has 0 bridgehead atoms. The first-order chi connectivity index (χ1) is 19.1. The van der Waals surface area contributed by atoms with E-state index in [2.05, 4.69) is 15.0 Å². The quantitative estimate of drug-likeness (QED) is 0.132. The van der Waals surface area contributed by atoms with Crippen molar-refractivity contribution in [3.63, 3.8) is 0 Å². The fraction of sp³-hybridized carbons (Fsp3) is 0.538. The van der Waals surface area contributed by atoms with Crippen molar-refractivity contribution in [2.45, 2.75) is 57.8 Å². The Morgan fingerprint density at radius 1 is 1.20 bits per heavy atom. The summed E-state index contributed by atoms with van der Waals surface area (Å²) in [7, 11) is -3.81. The molecule has 0 aliphatic carbocycles. The maximum Gasteiger partial charge on any atom is 0.452 e. The number of amides is 2. The molecular weight excluding hydrogens is 565 g/mol. The average Bonchev–Trinajstić information content (AvgIpc) is 3.32.